The lowest BCUT2D eigenvalue weighted by Crippen LogP contribution is -2.24. The van der Waals surface area contributed by atoms with Crippen LogP contribution in [0.4, 0.5) is 0 Å². The molecule has 0 radical (unpaired) electrons. The van der Waals surface area contributed by atoms with Crippen LogP contribution in [0.2, 0.25) is 0 Å². The summed E-state index contributed by atoms with van der Waals surface area (Å²) in [5.41, 5.74) is 2.40. The Bertz CT molecular complexity index is 475. The first-order chi connectivity index (χ1) is 7.31. The van der Waals surface area contributed by atoms with E-state index in [2.05, 4.69) is 11.1 Å². The molecule has 1 aliphatic carbocycles. The minimum absolute atomic E-state index is 0.771. The fourth-order valence-electron chi connectivity index (χ4n) is 2.46. The third-order valence-corrected chi connectivity index (χ3v) is 3.26. The second-order valence-electron chi connectivity index (χ2n) is 4.10. The van der Waals surface area contributed by atoms with E-state index < -0.39 is 5.60 Å². The maximum absolute atomic E-state index is 10.7. The number of rotatable bonds is 1. The molecule has 1 atom stereocenters. The Hall–Kier alpha value is -1.54. The van der Waals surface area contributed by atoms with Gasteiger partial charge in [-0.3, -0.25) is 0 Å². The molecule has 0 bridgehead atoms. The molecule has 0 aliphatic heterocycles. The van der Waals surface area contributed by atoms with E-state index >= 15 is 0 Å². The molecule has 2 aromatic rings. The van der Waals surface area contributed by atoms with Crippen LogP contribution in [0.25, 0.3) is 0 Å². The van der Waals surface area contributed by atoms with Crippen LogP contribution in [-0.4, -0.2) is 10.1 Å². The zero-order valence-corrected chi connectivity index (χ0v) is 8.40. The number of aromatic nitrogens is 1. The van der Waals surface area contributed by atoms with Gasteiger partial charge in [0.2, 0.25) is 0 Å². The van der Waals surface area contributed by atoms with Gasteiger partial charge >= 0.3 is 0 Å². The first-order valence-corrected chi connectivity index (χ1v) is 5.25. The smallest absolute Gasteiger partial charge is 0.130 e. The van der Waals surface area contributed by atoms with Crippen LogP contribution >= 0.6 is 0 Å². The van der Waals surface area contributed by atoms with Crippen molar-refractivity contribution in [3.63, 3.8) is 0 Å². The van der Waals surface area contributed by atoms with Crippen molar-refractivity contribution in [2.24, 2.45) is 0 Å². The van der Waals surface area contributed by atoms with E-state index in [-0.39, 0.29) is 0 Å². The molecule has 0 amide bonds. The molecule has 76 valence electrons. The average Bonchev–Trinajstić information content (AvgIpc) is 2.88. The van der Waals surface area contributed by atoms with Gasteiger partial charge in [0.1, 0.15) is 5.60 Å². The van der Waals surface area contributed by atoms with Gasteiger partial charge in [-0.25, -0.2) is 0 Å². The molecule has 2 N–H and O–H groups in total. The van der Waals surface area contributed by atoms with E-state index in [1.165, 1.54) is 5.56 Å². The van der Waals surface area contributed by atoms with E-state index in [1.54, 1.807) is 0 Å². The molecule has 1 unspecified atom stereocenters. The Morgan fingerprint density at radius 3 is 2.80 bits per heavy atom. The van der Waals surface area contributed by atoms with Gasteiger partial charge in [-0.05, 0) is 36.1 Å². The molecule has 0 saturated heterocycles. The molecule has 2 heteroatoms. The monoisotopic (exact) mass is 199 g/mol. The predicted octanol–water partition coefficient (Wildman–Crippen LogP) is 2.20. The first-order valence-electron chi connectivity index (χ1n) is 5.25. The fraction of sp³-hybridized carbons (Fsp3) is 0.231. The zero-order chi connectivity index (χ0) is 10.3. The highest BCUT2D eigenvalue weighted by atomic mass is 16.3. The van der Waals surface area contributed by atoms with Crippen molar-refractivity contribution in [3.05, 3.63) is 59.4 Å². The average molecular weight is 199 g/mol. The van der Waals surface area contributed by atoms with Crippen molar-refractivity contribution in [2.45, 2.75) is 18.4 Å². The third-order valence-electron chi connectivity index (χ3n) is 3.26. The molecular weight excluding hydrogens is 186 g/mol. The molecule has 0 spiro atoms. The molecule has 1 aromatic carbocycles. The topological polar surface area (TPSA) is 36.0 Å². The SMILES string of the molecule is OC1(c2ccc[nH]2)CCc2ccccc21. The molecule has 2 nitrogen and oxygen atoms in total. The summed E-state index contributed by atoms with van der Waals surface area (Å²) < 4.78 is 0. The van der Waals surface area contributed by atoms with Gasteiger partial charge in [0.25, 0.3) is 0 Å². The van der Waals surface area contributed by atoms with E-state index in [4.69, 9.17) is 0 Å². The zero-order valence-electron chi connectivity index (χ0n) is 8.40. The predicted molar refractivity (Wildman–Crippen MR) is 58.6 cm³/mol. The quantitative estimate of drug-likeness (QED) is 0.725. The van der Waals surface area contributed by atoms with Crippen LogP contribution in [0, 0.1) is 0 Å². The summed E-state index contributed by atoms with van der Waals surface area (Å²) in [6.07, 6.45) is 3.58. The number of fused-ring (bicyclic) bond motifs is 1. The summed E-state index contributed by atoms with van der Waals surface area (Å²) in [4.78, 5) is 3.11. The number of hydrogen-bond donors (Lipinski definition) is 2. The van der Waals surface area contributed by atoms with Gasteiger partial charge in [-0.15, -0.1) is 0 Å². The van der Waals surface area contributed by atoms with Gasteiger partial charge in [0, 0.05) is 6.20 Å². The Kier molecular flexibility index (Phi) is 1.73. The number of benzene rings is 1. The highest BCUT2D eigenvalue weighted by Gasteiger charge is 2.38. The van der Waals surface area contributed by atoms with E-state index in [1.807, 2.05) is 36.5 Å². The standard InChI is InChI=1S/C13H13NO/c15-13(12-6-3-9-14-12)8-7-10-4-1-2-5-11(10)13/h1-6,9,14-15H,7-8H2. The third kappa shape index (κ3) is 1.15. The van der Waals surface area contributed by atoms with Crippen LogP contribution in [0.1, 0.15) is 23.2 Å². The number of aryl methyl sites for hydroxylation is 1. The molecule has 3 rings (SSSR count). The summed E-state index contributed by atoms with van der Waals surface area (Å²) in [5, 5.41) is 10.7. The van der Waals surface area contributed by atoms with E-state index in [0.717, 1.165) is 24.1 Å². The number of H-pyrrole nitrogens is 1. The van der Waals surface area contributed by atoms with Crippen LogP contribution in [0.5, 0.6) is 0 Å². The van der Waals surface area contributed by atoms with E-state index in [0.29, 0.717) is 0 Å². The lowest BCUT2D eigenvalue weighted by molar-refractivity contribution is 0.0788. The van der Waals surface area contributed by atoms with Crippen LogP contribution in [0.15, 0.2) is 42.6 Å². The Balaban J connectivity index is 2.17. The summed E-state index contributed by atoms with van der Waals surface area (Å²) in [6, 6.07) is 12.0. The Morgan fingerprint density at radius 1 is 1.13 bits per heavy atom. The minimum atomic E-state index is -0.805. The first kappa shape index (κ1) is 8.74. The van der Waals surface area contributed by atoms with Gasteiger partial charge in [-0.2, -0.15) is 0 Å². The molecule has 0 fully saturated rings. The van der Waals surface area contributed by atoms with Gasteiger partial charge in [-0.1, -0.05) is 24.3 Å². The maximum atomic E-state index is 10.7. The van der Waals surface area contributed by atoms with Gasteiger partial charge < -0.3 is 10.1 Å². The van der Waals surface area contributed by atoms with Crippen LogP contribution in [0.3, 0.4) is 0 Å². The molecular formula is C13H13NO. The van der Waals surface area contributed by atoms with Crippen molar-refractivity contribution in [1.29, 1.82) is 0 Å². The van der Waals surface area contributed by atoms with Gasteiger partial charge in [0.15, 0.2) is 0 Å². The lowest BCUT2D eigenvalue weighted by Gasteiger charge is -2.22. The van der Waals surface area contributed by atoms with Gasteiger partial charge in [0.05, 0.1) is 5.69 Å². The summed E-state index contributed by atoms with van der Waals surface area (Å²) in [7, 11) is 0. The number of hydrogen-bond acceptors (Lipinski definition) is 1. The van der Waals surface area contributed by atoms with Crippen molar-refractivity contribution >= 4 is 0 Å². The van der Waals surface area contributed by atoms with E-state index in [9.17, 15) is 5.11 Å². The largest absolute Gasteiger partial charge is 0.379 e. The molecule has 1 aliphatic rings. The number of nitrogens with one attached hydrogen (secondary N) is 1. The second kappa shape index (κ2) is 2.97. The van der Waals surface area contributed by atoms with Crippen LogP contribution < -0.4 is 0 Å². The lowest BCUT2D eigenvalue weighted by atomic mass is 9.92. The number of aromatic amines is 1. The molecule has 15 heavy (non-hydrogen) atoms. The molecule has 1 aromatic heterocycles. The number of aliphatic hydroxyl groups is 1. The molecule has 0 saturated carbocycles. The highest BCUT2D eigenvalue weighted by molar-refractivity contribution is 5.42. The normalized spacial score (nSPS) is 24.1. The summed E-state index contributed by atoms with van der Waals surface area (Å²) >= 11 is 0. The van der Waals surface area contributed by atoms with Crippen molar-refractivity contribution in [1.82, 2.24) is 4.98 Å². The Morgan fingerprint density at radius 2 is 2.00 bits per heavy atom. The van der Waals surface area contributed by atoms with Crippen molar-refractivity contribution in [3.8, 4) is 0 Å². The second-order valence-corrected chi connectivity index (χ2v) is 4.10. The minimum Gasteiger partial charge on any atom is -0.379 e. The van der Waals surface area contributed by atoms with Crippen molar-refractivity contribution in [2.75, 3.05) is 0 Å². The van der Waals surface area contributed by atoms with Crippen molar-refractivity contribution < 1.29 is 5.11 Å². The summed E-state index contributed by atoms with van der Waals surface area (Å²) in [5.74, 6) is 0. The maximum Gasteiger partial charge on any atom is 0.130 e. The molecule has 1 heterocycles. The highest BCUT2D eigenvalue weighted by Crippen LogP contribution is 2.40. The fourth-order valence-corrected chi connectivity index (χ4v) is 2.46. The summed E-state index contributed by atoms with van der Waals surface area (Å²) in [6.45, 7) is 0. The Labute approximate surface area is 88.6 Å². The van der Waals surface area contributed by atoms with Crippen LogP contribution in [-0.2, 0) is 12.0 Å².